The second-order valence-corrected chi connectivity index (χ2v) is 27.8. The average Bonchev–Trinajstić information content (AvgIpc) is 4.31. The molecule has 6 aliphatic rings. The summed E-state index contributed by atoms with van der Waals surface area (Å²) in [4.78, 5) is 42.7. The van der Waals surface area contributed by atoms with E-state index in [1.54, 1.807) is 11.8 Å². The lowest BCUT2D eigenvalue weighted by atomic mass is 9.78. The molecule has 5 aromatic heterocycles. The van der Waals surface area contributed by atoms with Crippen molar-refractivity contribution in [3.8, 4) is 0 Å². The minimum Gasteiger partial charge on any atom is -0.356 e. The number of halogens is 3. The molecule has 2 atom stereocenters. The van der Waals surface area contributed by atoms with Gasteiger partial charge in [0.15, 0.2) is 32.5 Å². The lowest BCUT2D eigenvalue weighted by molar-refractivity contribution is -0.0376. The number of rotatable bonds is 11. The molecule has 7 aromatic rings. The number of aromatic nitrogens is 10. The second-order valence-electron chi connectivity index (χ2n) is 23.9. The molecule has 0 radical (unpaired) electrons. The number of thioether (sulfide) groups is 1. The SMILES string of the molecule is CC1(CN)CCN(c2cnc3c(n2)CN=C3Sc2ccccc2Cl)CC1.CCC1(C)CCN(c2cnc3c(I)nn(C4CCCCO4)c3n2)CC1.CCC1(C)CCN(c2cnc3c(Sc4ccccc4Cl)nn(C4CCCCO4)c3n2)CC1. The fourth-order valence-electron chi connectivity index (χ4n) is 11.5. The molecule has 0 amide bonds. The first-order valence-electron chi connectivity index (χ1n) is 29.8. The molecule has 0 saturated carbocycles. The first-order chi connectivity index (χ1) is 40.2. The highest BCUT2D eigenvalue weighted by Gasteiger charge is 2.34. The number of aliphatic imine (C=N–C) groups is 1. The largest absolute Gasteiger partial charge is 0.356 e. The van der Waals surface area contributed by atoms with E-state index < -0.39 is 0 Å². The molecule has 0 spiro atoms. The zero-order valence-electron chi connectivity index (χ0n) is 48.6. The van der Waals surface area contributed by atoms with Gasteiger partial charge in [-0.3, -0.25) is 4.99 Å². The standard InChI is InChI=1S/C24H30ClN5OS.C19H22ClN5S.C18H26IN5O/c1-3-24(2)11-13-29(14-12-24)19-16-26-21-22(27-19)30(20-10-6-7-15-31-20)28-23(21)32-18-9-5-4-8-17(18)25;1-19(12-21)6-8-25(9-7-19)16-11-22-17-14(24-16)10-23-18(17)26-15-5-3-2-4-13(15)20;1-3-18(2)7-9-23(10-8-18)13-12-20-15-16(19)22-24(17(15)21-13)14-6-4-5-11-25-14/h4-5,8-9,16,20H,3,6-7,10-15H2,1-2H3;2-5,11H,6-10,12,21H2,1H3;12,14H,3-11H2,1-2H3. The van der Waals surface area contributed by atoms with E-state index in [0.29, 0.717) is 22.4 Å². The lowest BCUT2D eigenvalue weighted by Crippen LogP contribution is -2.42. The molecule has 5 saturated heterocycles. The van der Waals surface area contributed by atoms with Gasteiger partial charge in [-0.25, -0.2) is 39.3 Å². The summed E-state index contributed by atoms with van der Waals surface area (Å²) in [6.45, 7) is 20.6. The van der Waals surface area contributed by atoms with Crippen molar-refractivity contribution >= 4 is 114 Å². The fourth-order valence-corrected chi connectivity index (χ4v) is 14.4. The van der Waals surface area contributed by atoms with Gasteiger partial charge < -0.3 is 29.9 Å². The molecule has 442 valence electrons. The molecule has 2 unspecified atom stereocenters. The number of benzene rings is 2. The van der Waals surface area contributed by atoms with Crippen molar-refractivity contribution in [2.24, 2.45) is 27.0 Å². The molecular formula is C61H78Cl2IN15O2S2. The van der Waals surface area contributed by atoms with Gasteiger partial charge in [0.1, 0.15) is 39.2 Å². The van der Waals surface area contributed by atoms with Crippen molar-refractivity contribution in [2.75, 3.05) is 73.7 Å². The predicted molar refractivity (Wildman–Crippen MR) is 344 cm³/mol. The number of hydrogen-bond acceptors (Lipinski definition) is 17. The third kappa shape index (κ3) is 13.9. The van der Waals surface area contributed by atoms with Gasteiger partial charge in [0.05, 0.1) is 40.9 Å². The van der Waals surface area contributed by atoms with Crippen LogP contribution < -0.4 is 20.4 Å². The Morgan fingerprint density at radius 2 is 1.07 bits per heavy atom. The number of nitrogens with two attached hydrogens (primary N) is 1. The molecular weight excluding hydrogens is 1240 g/mol. The van der Waals surface area contributed by atoms with Crippen LogP contribution in [0.3, 0.4) is 0 Å². The van der Waals surface area contributed by atoms with Crippen LogP contribution in [0.2, 0.25) is 10.0 Å². The monoisotopic (exact) mass is 1310 g/mol. The molecule has 2 aromatic carbocycles. The van der Waals surface area contributed by atoms with Gasteiger partial charge in [0, 0.05) is 62.3 Å². The van der Waals surface area contributed by atoms with Gasteiger partial charge in [-0.2, -0.15) is 10.2 Å². The summed E-state index contributed by atoms with van der Waals surface area (Å²) in [5, 5.41) is 12.7. The Kier molecular flexibility index (Phi) is 19.4. The van der Waals surface area contributed by atoms with Crippen LogP contribution in [0.25, 0.3) is 22.3 Å². The van der Waals surface area contributed by atoms with Crippen LogP contribution in [-0.2, 0) is 16.0 Å². The van der Waals surface area contributed by atoms with Crippen molar-refractivity contribution in [1.29, 1.82) is 0 Å². The predicted octanol–water partition coefficient (Wildman–Crippen LogP) is 14.2. The Morgan fingerprint density at radius 3 is 1.58 bits per heavy atom. The van der Waals surface area contributed by atoms with E-state index in [0.717, 1.165) is 184 Å². The normalized spacial score (nSPS) is 21.2. The number of ether oxygens (including phenoxy) is 2. The molecule has 2 N–H and O–H groups in total. The third-order valence-electron chi connectivity index (χ3n) is 18.1. The number of anilines is 3. The van der Waals surface area contributed by atoms with Crippen molar-refractivity contribution in [3.05, 3.63) is 92.3 Å². The first kappa shape index (κ1) is 60.3. The molecule has 17 nitrogen and oxygen atoms in total. The third-order valence-corrected chi connectivity index (χ3v) is 21.9. The summed E-state index contributed by atoms with van der Waals surface area (Å²) in [5.74, 6) is 2.85. The van der Waals surface area contributed by atoms with Crippen molar-refractivity contribution in [1.82, 2.24) is 49.5 Å². The van der Waals surface area contributed by atoms with Gasteiger partial charge >= 0.3 is 0 Å². The van der Waals surface area contributed by atoms with E-state index in [2.05, 4.69) is 92.0 Å². The number of nitrogens with zero attached hydrogens (tertiary/aromatic N) is 14. The number of hydrogen-bond donors (Lipinski definition) is 1. The Balaban J connectivity index is 0.000000132. The van der Waals surface area contributed by atoms with Gasteiger partial charge in [0.2, 0.25) is 0 Å². The van der Waals surface area contributed by atoms with E-state index in [1.807, 2.05) is 76.5 Å². The molecule has 11 heterocycles. The summed E-state index contributed by atoms with van der Waals surface area (Å²) in [6, 6.07) is 15.6. The van der Waals surface area contributed by atoms with Gasteiger partial charge in [0.25, 0.3) is 0 Å². The smallest absolute Gasteiger partial charge is 0.182 e. The Hall–Kier alpha value is -4.42. The molecule has 6 aliphatic heterocycles. The van der Waals surface area contributed by atoms with Crippen molar-refractivity contribution in [3.63, 3.8) is 0 Å². The quantitative estimate of drug-likeness (QED) is 0.121. The van der Waals surface area contributed by atoms with E-state index in [9.17, 15) is 0 Å². The minimum absolute atomic E-state index is 0.00550. The average molecular weight is 1320 g/mol. The Bertz CT molecular complexity index is 3380. The topological polar surface area (TPSA) is 180 Å². The Labute approximate surface area is 520 Å². The minimum atomic E-state index is -0.0962. The summed E-state index contributed by atoms with van der Waals surface area (Å²) < 4.78 is 16.8. The van der Waals surface area contributed by atoms with E-state index in [4.69, 9.17) is 63.4 Å². The highest BCUT2D eigenvalue weighted by atomic mass is 127. The van der Waals surface area contributed by atoms with E-state index >= 15 is 0 Å². The highest BCUT2D eigenvalue weighted by molar-refractivity contribution is 14.1. The van der Waals surface area contributed by atoms with Crippen LogP contribution in [-0.4, -0.2) is 114 Å². The fraction of sp³-hybridized carbons (Fsp3) is 0.557. The molecule has 13 rings (SSSR count). The molecule has 5 fully saturated rings. The molecule has 22 heteroatoms. The zero-order chi connectivity index (χ0) is 57.7. The van der Waals surface area contributed by atoms with Crippen molar-refractivity contribution < 1.29 is 9.47 Å². The second kappa shape index (κ2) is 26.7. The van der Waals surface area contributed by atoms with Crippen LogP contribution in [0.5, 0.6) is 0 Å². The van der Waals surface area contributed by atoms with Crippen molar-refractivity contribution in [2.45, 2.75) is 158 Å². The van der Waals surface area contributed by atoms with E-state index in [-0.39, 0.29) is 17.9 Å². The zero-order valence-corrected chi connectivity index (χ0v) is 53.9. The van der Waals surface area contributed by atoms with E-state index in [1.165, 1.54) is 56.7 Å². The van der Waals surface area contributed by atoms with Crippen LogP contribution in [0.15, 0.2) is 86.9 Å². The summed E-state index contributed by atoms with van der Waals surface area (Å²) in [7, 11) is 0. The van der Waals surface area contributed by atoms with Crippen LogP contribution >= 0.6 is 69.3 Å². The number of piperidine rings is 3. The van der Waals surface area contributed by atoms with Crippen LogP contribution in [0, 0.1) is 19.9 Å². The van der Waals surface area contributed by atoms with Crippen LogP contribution in [0.1, 0.15) is 148 Å². The summed E-state index contributed by atoms with van der Waals surface area (Å²) in [5.41, 5.74) is 12.2. The molecule has 0 aliphatic carbocycles. The van der Waals surface area contributed by atoms with Gasteiger partial charge in [-0.15, -0.1) is 0 Å². The maximum Gasteiger partial charge on any atom is 0.182 e. The Morgan fingerprint density at radius 1 is 0.602 bits per heavy atom. The van der Waals surface area contributed by atoms with Crippen LogP contribution in [0.4, 0.5) is 17.5 Å². The highest BCUT2D eigenvalue weighted by Crippen LogP contribution is 2.41. The van der Waals surface area contributed by atoms with Gasteiger partial charge in [-0.1, -0.05) is 118 Å². The lowest BCUT2D eigenvalue weighted by Gasteiger charge is -2.39. The number of fused-ring (bicyclic) bond motifs is 3. The van der Waals surface area contributed by atoms with Gasteiger partial charge in [-0.05, 0) is 147 Å². The summed E-state index contributed by atoms with van der Waals surface area (Å²) in [6.07, 6.45) is 21.5. The molecule has 0 bridgehead atoms. The maximum atomic E-state index is 6.42. The summed E-state index contributed by atoms with van der Waals surface area (Å²) >= 11 is 18.0. The first-order valence-corrected chi connectivity index (χ1v) is 33.3. The maximum absolute atomic E-state index is 6.42. The molecule has 83 heavy (non-hydrogen) atoms.